The maximum absolute atomic E-state index is 12.5. The quantitative estimate of drug-likeness (QED) is 0.851. The van der Waals surface area contributed by atoms with Crippen molar-refractivity contribution in [1.82, 2.24) is 4.31 Å². The van der Waals surface area contributed by atoms with Gasteiger partial charge in [-0.25, -0.2) is 8.42 Å². The Hall–Kier alpha value is -1.79. The van der Waals surface area contributed by atoms with Crippen molar-refractivity contribution in [2.45, 2.75) is 18.4 Å². The first-order valence-corrected chi connectivity index (χ1v) is 7.36. The molecule has 0 aliphatic heterocycles. The van der Waals surface area contributed by atoms with Crippen molar-refractivity contribution >= 4 is 15.7 Å². The fourth-order valence-electron chi connectivity index (χ4n) is 1.77. The zero-order chi connectivity index (χ0) is 13.9. The van der Waals surface area contributed by atoms with E-state index in [2.05, 4.69) is 0 Å². The van der Waals surface area contributed by atoms with Crippen molar-refractivity contribution < 1.29 is 12.8 Å². The standard InChI is InChI=1S/C13H16N2O3S/c1-2-15(10-12-6-4-8-18-12)19(16,17)13-7-3-5-11(14)9-13/h3-9H,2,10,14H2,1H3. The second-order valence-electron chi connectivity index (χ2n) is 4.08. The molecule has 0 amide bonds. The molecule has 6 heteroatoms. The van der Waals surface area contributed by atoms with E-state index in [1.54, 1.807) is 31.2 Å². The van der Waals surface area contributed by atoms with Crippen LogP contribution in [0.4, 0.5) is 5.69 Å². The van der Waals surface area contributed by atoms with Gasteiger partial charge >= 0.3 is 0 Å². The average Bonchev–Trinajstić information content (AvgIpc) is 2.88. The lowest BCUT2D eigenvalue weighted by Gasteiger charge is -2.19. The summed E-state index contributed by atoms with van der Waals surface area (Å²) in [5, 5.41) is 0. The summed E-state index contributed by atoms with van der Waals surface area (Å²) in [6.07, 6.45) is 1.52. The zero-order valence-electron chi connectivity index (χ0n) is 10.6. The number of anilines is 1. The molecule has 0 bridgehead atoms. The van der Waals surface area contributed by atoms with Gasteiger partial charge in [-0.3, -0.25) is 0 Å². The van der Waals surface area contributed by atoms with Gasteiger partial charge in [0.1, 0.15) is 5.76 Å². The lowest BCUT2D eigenvalue weighted by molar-refractivity contribution is 0.375. The number of rotatable bonds is 5. The van der Waals surface area contributed by atoms with E-state index in [0.29, 0.717) is 18.0 Å². The van der Waals surface area contributed by atoms with Crippen LogP contribution in [-0.2, 0) is 16.6 Å². The van der Waals surface area contributed by atoms with E-state index in [1.807, 2.05) is 0 Å². The van der Waals surface area contributed by atoms with Gasteiger partial charge in [0.2, 0.25) is 10.0 Å². The van der Waals surface area contributed by atoms with Crippen LogP contribution in [0.5, 0.6) is 0 Å². The normalized spacial score (nSPS) is 11.9. The maximum Gasteiger partial charge on any atom is 0.243 e. The molecule has 0 radical (unpaired) electrons. The van der Waals surface area contributed by atoms with Crippen molar-refractivity contribution in [1.29, 1.82) is 0 Å². The highest BCUT2D eigenvalue weighted by Gasteiger charge is 2.24. The Kier molecular flexibility index (Phi) is 3.92. The van der Waals surface area contributed by atoms with E-state index < -0.39 is 10.0 Å². The molecule has 0 atom stereocenters. The summed E-state index contributed by atoms with van der Waals surface area (Å²) in [6, 6.07) is 9.76. The molecule has 1 heterocycles. The minimum absolute atomic E-state index is 0.195. The number of sulfonamides is 1. The van der Waals surface area contributed by atoms with E-state index in [-0.39, 0.29) is 11.4 Å². The van der Waals surface area contributed by atoms with E-state index in [1.165, 1.54) is 22.7 Å². The van der Waals surface area contributed by atoms with Crippen LogP contribution < -0.4 is 5.73 Å². The predicted molar refractivity (Wildman–Crippen MR) is 72.8 cm³/mol. The van der Waals surface area contributed by atoms with Gasteiger partial charge in [0.15, 0.2) is 0 Å². The first kappa shape index (κ1) is 13.6. The van der Waals surface area contributed by atoms with Crippen LogP contribution in [0.1, 0.15) is 12.7 Å². The van der Waals surface area contributed by atoms with E-state index >= 15 is 0 Å². The number of hydrogen-bond acceptors (Lipinski definition) is 4. The Balaban J connectivity index is 2.31. The van der Waals surface area contributed by atoms with E-state index in [0.717, 1.165) is 0 Å². The van der Waals surface area contributed by atoms with E-state index in [9.17, 15) is 8.42 Å². The summed E-state index contributed by atoms with van der Waals surface area (Å²) < 4.78 is 31.5. The summed E-state index contributed by atoms with van der Waals surface area (Å²) >= 11 is 0. The molecule has 19 heavy (non-hydrogen) atoms. The highest BCUT2D eigenvalue weighted by Crippen LogP contribution is 2.20. The Morgan fingerprint density at radius 2 is 2.05 bits per heavy atom. The minimum Gasteiger partial charge on any atom is -0.468 e. The monoisotopic (exact) mass is 280 g/mol. The van der Waals surface area contributed by atoms with Gasteiger partial charge < -0.3 is 10.2 Å². The summed E-state index contributed by atoms with van der Waals surface area (Å²) in [6.45, 7) is 2.35. The fourth-order valence-corrected chi connectivity index (χ4v) is 3.24. The number of hydrogen-bond donors (Lipinski definition) is 1. The number of nitrogens with two attached hydrogens (primary N) is 1. The van der Waals surface area contributed by atoms with Gasteiger partial charge in [0.05, 0.1) is 17.7 Å². The van der Waals surface area contributed by atoms with Crippen molar-refractivity contribution in [3.63, 3.8) is 0 Å². The third kappa shape index (κ3) is 2.97. The van der Waals surface area contributed by atoms with Crippen LogP contribution in [0.3, 0.4) is 0 Å². The largest absolute Gasteiger partial charge is 0.468 e. The van der Waals surface area contributed by atoms with Gasteiger partial charge in [0.25, 0.3) is 0 Å². The Morgan fingerprint density at radius 3 is 2.63 bits per heavy atom. The highest BCUT2D eigenvalue weighted by molar-refractivity contribution is 7.89. The summed E-state index contributed by atoms with van der Waals surface area (Å²) in [4.78, 5) is 0.195. The van der Waals surface area contributed by atoms with Crippen LogP contribution >= 0.6 is 0 Å². The molecule has 2 N–H and O–H groups in total. The SMILES string of the molecule is CCN(Cc1ccco1)S(=O)(=O)c1cccc(N)c1. The van der Waals surface area contributed by atoms with Crippen molar-refractivity contribution in [3.8, 4) is 0 Å². The molecule has 102 valence electrons. The lowest BCUT2D eigenvalue weighted by atomic mass is 10.3. The molecular weight excluding hydrogens is 264 g/mol. The van der Waals surface area contributed by atoms with Crippen LogP contribution in [0.25, 0.3) is 0 Å². The van der Waals surface area contributed by atoms with Crippen LogP contribution in [0, 0.1) is 0 Å². The number of furan rings is 1. The van der Waals surface area contributed by atoms with Crippen LogP contribution in [0.2, 0.25) is 0 Å². The molecule has 0 unspecified atom stereocenters. The van der Waals surface area contributed by atoms with Crippen molar-refractivity contribution in [2.75, 3.05) is 12.3 Å². The molecule has 1 aromatic carbocycles. The molecule has 0 aliphatic carbocycles. The van der Waals surface area contributed by atoms with Crippen molar-refractivity contribution in [2.24, 2.45) is 0 Å². The van der Waals surface area contributed by atoms with Crippen molar-refractivity contribution in [3.05, 3.63) is 48.4 Å². The summed E-state index contributed by atoms with van der Waals surface area (Å²) in [7, 11) is -3.56. The third-order valence-corrected chi connectivity index (χ3v) is 4.68. The molecule has 2 rings (SSSR count). The van der Waals surface area contributed by atoms with Crippen LogP contribution in [0.15, 0.2) is 52.0 Å². The molecule has 0 aliphatic rings. The smallest absolute Gasteiger partial charge is 0.243 e. The molecule has 0 spiro atoms. The molecule has 0 fully saturated rings. The van der Waals surface area contributed by atoms with E-state index in [4.69, 9.17) is 10.2 Å². The third-order valence-electron chi connectivity index (χ3n) is 2.76. The maximum atomic E-state index is 12.5. The average molecular weight is 280 g/mol. The molecule has 0 saturated heterocycles. The van der Waals surface area contributed by atoms with Crippen LogP contribution in [-0.4, -0.2) is 19.3 Å². The van der Waals surface area contributed by atoms with Gasteiger partial charge in [-0.1, -0.05) is 13.0 Å². The number of nitrogen functional groups attached to an aromatic ring is 1. The first-order valence-electron chi connectivity index (χ1n) is 5.92. The highest BCUT2D eigenvalue weighted by atomic mass is 32.2. The molecule has 2 aromatic rings. The predicted octanol–water partition coefficient (Wildman–Crippen LogP) is 2.07. The van der Waals surface area contributed by atoms with Gasteiger partial charge in [-0.05, 0) is 30.3 Å². The molecular formula is C13H16N2O3S. The van der Waals surface area contributed by atoms with Gasteiger partial charge in [-0.15, -0.1) is 0 Å². The second kappa shape index (κ2) is 5.46. The zero-order valence-corrected chi connectivity index (χ0v) is 11.4. The number of nitrogens with zero attached hydrogens (tertiary/aromatic N) is 1. The lowest BCUT2D eigenvalue weighted by Crippen LogP contribution is -2.30. The summed E-state index contributed by atoms with van der Waals surface area (Å²) in [5.74, 6) is 0.606. The fraction of sp³-hybridized carbons (Fsp3) is 0.231. The Bertz CT molecular complexity index is 636. The minimum atomic E-state index is -3.56. The topological polar surface area (TPSA) is 76.5 Å². The Labute approximate surface area is 112 Å². The van der Waals surface area contributed by atoms with Gasteiger partial charge in [-0.2, -0.15) is 4.31 Å². The first-order chi connectivity index (χ1) is 9.04. The molecule has 0 saturated carbocycles. The molecule has 1 aromatic heterocycles. The van der Waals surface area contributed by atoms with Gasteiger partial charge in [0, 0.05) is 12.2 Å². The second-order valence-corrected chi connectivity index (χ2v) is 6.02. The summed E-state index contributed by atoms with van der Waals surface area (Å²) in [5.41, 5.74) is 6.06. The number of benzene rings is 1. The Morgan fingerprint density at radius 1 is 1.26 bits per heavy atom. The molecule has 5 nitrogen and oxygen atoms in total.